The number of amides is 1. The van der Waals surface area contributed by atoms with Crippen molar-refractivity contribution >= 4 is 17.7 Å². The summed E-state index contributed by atoms with van der Waals surface area (Å²) in [5.74, 6) is 0.309. The van der Waals surface area contributed by atoms with Crippen molar-refractivity contribution in [3.05, 3.63) is 65.7 Å². The Morgan fingerprint density at radius 2 is 1.76 bits per heavy atom. The molecule has 0 heterocycles. The summed E-state index contributed by atoms with van der Waals surface area (Å²) in [7, 11) is 0. The van der Waals surface area contributed by atoms with Gasteiger partial charge >= 0.3 is 6.61 Å². The van der Waals surface area contributed by atoms with E-state index in [-0.39, 0.29) is 11.7 Å². The number of carbonyl (C=O) groups excluding carboxylic acids is 1. The molecule has 0 bridgehead atoms. The van der Waals surface area contributed by atoms with Crippen LogP contribution in [0.2, 0.25) is 0 Å². The molecule has 5 heteroatoms. The van der Waals surface area contributed by atoms with Crippen molar-refractivity contribution < 1.29 is 18.3 Å². The highest BCUT2D eigenvalue weighted by Gasteiger charge is 2.04. The number of halogens is 2. The van der Waals surface area contributed by atoms with Crippen molar-refractivity contribution in [3.63, 3.8) is 0 Å². The molecule has 0 aliphatic heterocycles. The van der Waals surface area contributed by atoms with Crippen molar-refractivity contribution in [3.8, 4) is 5.75 Å². The molecule has 0 spiro atoms. The minimum atomic E-state index is -2.85. The van der Waals surface area contributed by atoms with E-state index < -0.39 is 6.61 Å². The van der Waals surface area contributed by atoms with Crippen molar-refractivity contribution in [2.45, 2.75) is 32.8 Å². The quantitative estimate of drug-likeness (QED) is 0.677. The largest absolute Gasteiger partial charge is 0.435 e. The van der Waals surface area contributed by atoms with Crippen molar-refractivity contribution in [2.24, 2.45) is 0 Å². The highest BCUT2D eigenvalue weighted by Crippen LogP contribution is 2.20. The van der Waals surface area contributed by atoms with Gasteiger partial charge in [-0.25, -0.2) is 0 Å². The molecule has 0 radical (unpaired) electrons. The molecule has 2 aromatic carbocycles. The molecule has 0 unspecified atom stereocenters. The van der Waals surface area contributed by atoms with Gasteiger partial charge in [-0.05, 0) is 53.8 Å². The van der Waals surface area contributed by atoms with Crippen molar-refractivity contribution in [2.75, 3.05) is 5.32 Å². The second-order valence-electron chi connectivity index (χ2n) is 5.70. The Hall–Kier alpha value is -2.69. The molecule has 2 aromatic rings. The number of ether oxygens (including phenoxy) is 1. The molecule has 25 heavy (non-hydrogen) atoms. The van der Waals surface area contributed by atoms with Crippen LogP contribution in [0.5, 0.6) is 5.75 Å². The number of benzene rings is 2. The first-order valence-corrected chi connectivity index (χ1v) is 8.12. The van der Waals surface area contributed by atoms with Crippen LogP contribution in [0, 0.1) is 0 Å². The molecule has 0 fully saturated rings. The lowest BCUT2D eigenvalue weighted by Gasteiger charge is -2.09. The first-order valence-electron chi connectivity index (χ1n) is 8.12. The van der Waals surface area contributed by atoms with Gasteiger partial charge < -0.3 is 10.1 Å². The van der Waals surface area contributed by atoms with Crippen LogP contribution in [0.15, 0.2) is 54.6 Å². The molecule has 2 rings (SSSR count). The number of rotatable bonds is 7. The summed E-state index contributed by atoms with van der Waals surface area (Å²) in [5, 5.41) is 2.78. The van der Waals surface area contributed by atoms with Gasteiger partial charge in [0.1, 0.15) is 5.75 Å². The SMILES string of the molecule is CC[C@H](C)c1ccc(NC(=O)/C=C/c2ccc(OC(F)F)cc2)cc1. The maximum Gasteiger partial charge on any atom is 0.387 e. The van der Waals surface area contributed by atoms with Gasteiger partial charge in [0.2, 0.25) is 5.91 Å². The molecule has 0 aromatic heterocycles. The average Bonchev–Trinajstić information content (AvgIpc) is 2.60. The lowest BCUT2D eigenvalue weighted by Crippen LogP contribution is -2.07. The van der Waals surface area contributed by atoms with E-state index in [0.717, 1.165) is 12.1 Å². The van der Waals surface area contributed by atoms with Gasteiger partial charge in [-0.3, -0.25) is 4.79 Å². The highest BCUT2D eigenvalue weighted by molar-refractivity contribution is 6.01. The van der Waals surface area contributed by atoms with Gasteiger partial charge in [0.25, 0.3) is 0 Å². The summed E-state index contributed by atoms with van der Waals surface area (Å²) in [6, 6.07) is 13.8. The highest BCUT2D eigenvalue weighted by atomic mass is 19.3. The number of alkyl halides is 2. The molecule has 0 saturated carbocycles. The fourth-order valence-corrected chi connectivity index (χ4v) is 2.25. The second kappa shape index (κ2) is 8.97. The first kappa shape index (κ1) is 18.6. The molecule has 1 N–H and O–H groups in total. The van der Waals surface area contributed by atoms with E-state index in [9.17, 15) is 13.6 Å². The standard InChI is InChI=1S/C20H21F2NO2/c1-3-14(2)16-7-9-17(10-8-16)23-19(24)13-6-15-4-11-18(12-5-15)25-20(21)22/h4-14,20H,3H2,1-2H3,(H,23,24)/b13-6+/t14-/m0/s1. The van der Waals surface area contributed by atoms with Crippen LogP contribution in [0.1, 0.15) is 37.3 Å². The van der Waals surface area contributed by atoms with E-state index in [2.05, 4.69) is 23.9 Å². The number of hydrogen-bond donors (Lipinski definition) is 1. The summed E-state index contributed by atoms with van der Waals surface area (Å²) in [5.41, 5.74) is 2.67. The number of nitrogens with one attached hydrogen (secondary N) is 1. The van der Waals surface area contributed by atoms with Crippen LogP contribution in [-0.2, 0) is 4.79 Å². The van der Waals surface area contributed by atoms with Crippen LogP contribution in [0.3, 0.4) is 0 Å². The van der Waals surface area contributed by atoms with E-state index in [1.165, 1.54) is 23.8 Å². The molecule has 0 aliphatic rings. The monoisotopic (exact) mass is 345 g/mol. The maximum atomic E-state index is 12.1. The fraction of sp³-hybridized carbons (Fsp3) is 0.250. The van der Waals surface area contributed by atoms with E-state index in [0.29, 0.717) is 11.5 Å². The number of carbonyl (C=O) groups is 1. The minimum absolute atomic E-state index is 0.0815. The maximum absolute atomic E-state index is 12.1. The normalized spacial score (nSPS) is 12.4. The molecule has 0 saturated heterocycles. The summed E-state index contributed by atoms with van der Waals surface area (Å²) >= 11 is 0. The van der Waals surface area contributed by atoms with Crippen molar-refractivity contribution in [1.29, 1.82) is 0 Å². The average molecular weight is 345 g/mol. The molecule has 132 valence electrons. The third-order valence-electron chi connectivity index (χ3n) is 3.89. The zero-order valence-corrected chi connectivity index (χ0v) is 14.2. The molecule has 1 amide bonds. The first-order chi connectivity index (χ1) is 12.0. The Bertz CT molecular complexity index is 709. The molecule has 1 atom stereocenters. The summed E-state index contributed by atoms with van der Waals surface area (Å²) in [6.07, 6.45) is 4.07. The van der Waals surface area contributed by atoms with Crippen molar-refractivity contribution in [1.82, 2.24) is 0 Å². The van der Waals surface area contributed by atoms with Gasteiger partial charge in [0.15, 0.2) is 0 Å². The van der Waals surface area contributed by atoms with Crippen LogP contribution in [-0.4, -0.2) is 12.5 Å². The lowest BCUT2D eigenvalue weighted by atomic mass is 9.99. The molecular weight excluding hydrogens is 324 g/mol. The zero-order chi connectivity index (χ0) is 18.2. The Morgan fingerprint density at radius 1 is 1.12 bits per heavy atom. The van der Waals surface area contributed by atoms with Gasteiger partial charge in [-0.2, -0.15) is 8.78 Å². The van der Waals surface area contributed by atoms with E-state index in [4.69, 9.17) is 0 Å². The number of anilines is 1. The third-order valence-corrected chi connectivity index (χ3v) is 3.89. The minimum Gasteiger partial charge on any atom is -0.435 e. The summed E-state index contributed by atoms with van der Waals surface area (Å²) in [6.45, 7) is 1.45. The Labute approximate surface area is 146 Å². The van der Waals surface area contributed by atoms with Gasteiger partial charge in [-0.15, -0.1) is 0 Å². The fourth-order valence-electron chi connectivity index (χ4n) is 2.25. The van der Waals surface area contributed by atoms with Crippen LogP contribution < -0.4 is 10.1 Å². The molecular formula is C20H21F2NO2. The second-order valence-corrected chi connectivity index (χ2v) is 5.70. The van der Waals surface area contributed by atoms with E-state index in [1.54, 1.807) is 18.2 Å². The smallest absolute Gasteiger partial charge is 0.387 e. The van der Waals surface area contributed by atoms with Gasteiger partial charge in [0.05, 0.1) is 0 Å². The lowest BCUT2D eigenvalue weighted by molar-refractivity contribution is -0.111. The van der Waals surface area contributed by atoms with Gasteiger partial charge in [0, 0.05) is 11.8 Å². The third kappa shape index (κ3) is 6.03. The summed E-state index contributed by atoms with van der Waals surface area (Å²) < 4.78 is 28.4. The Morgan fingerprint density at radius 3 is 2.32 bits per heavy atom. The van der Waals surface area contributed by atoms with E-state index in [1.807, 2.05) is 24.3 Å². The van der Waals surface area contributed by atoms with Gasteiger partial charge in [-0.1, -0.05) is 38.1 Å². The van der Waals surface area contributed by atoms with Crippen LogP contribution in [0.4, 0.5) is 14.5 Å². The Kier molecular flexibility index (Phi) is 6.69. The number of hydrogen-bond acceptors (Lipinski definition) is 2. The van der Waals surface area contributed by atoms with Crippen LogP contribution >= 0.6 is 0 Å². The predicted molar refractivity (Wildman–Crippen MR) is 95.9 cm³/mol. The predicted octanol–water partition coefficient (Wildman–Crippen LogP) is 5.45. The Balaban J connectivity index is 1.92. The van der Waals surface area contributed by atoms with E-state index >= 15 is 0 Å². The molecule has 0 aliphatic carbocycles. The molecule has 3 nitrogen and oxygen atoms in total. The van der Waals surface area contributed by atoms with Crippen LogP contribution in [0.25, 0.3) is 6.08 Å². The zero-order valence-electron chi connectivity index (χ0n) is 14.2. The topological polar surface area (TPSA) is 38.3 Å². The summed E-state index contributed by atoms with van der Waals surface area (Å²) in [4.78, 5) is 12.0.